The number of hydrogen-bond donors (Lipinski definition) is 1. The number of amides is 1. The van der Waals surface area contributed by atoms with E-state index in [0.717, 1.165) is 24.9 Å². The fourth-order valence-electron chi connectivity index (χ4n) is 3.43. The van der Waals surface area contributed by atoms with E-state index in [4.69, 9.17) is 0 Å². The molecule has 9 nitrogen and oxygen atoms in total. The van der Waals surface area contributed by atoms with E-state index in [1.807, 2.05) is 30.3 Å². The second kappa shape index (κ2) is 9.80. The molecule has 11 heteroatoms. The summed E-state index contributed by atoms with van der Waals surface area (Å²) in [4.78, 5) is 13.0. The summed E-state index contributed by atoms with van der Waals surface area (Å²) in [6.07, 6.45) is 2.78. The van der Waals surface area contributed by atoms with Crippen molar-refractivity contribution in [3.05, 3.63) is 54.6 Å². The molecule has 1 aliphatic heterocycles. The average molecular weight is 473 g/mol. The SMILES string of the molecule is CC(Sc1nnnn1-c1ccccc1)C(=O)Nc1cccc(S(=O)(=O)N2CCCCC2)c1. The van der Waals surface area contributed by atoms with Crippen LogP contribution in [0.1, 0.15) is 26.2 Å². The van der Waals surface area contributed by atoms with E-state index in [1.54, 1.807) is 29.8 Å². The van der Waals surface area contributed by atoms with E-state index in [-0.39, 0.29) is 10.8 Å². The molecule has 0 spiro atoms. The Hall–Kier alpha value is -2.76. The van der Waals surface area contributed by atoms with Crippen LogP contribution < -0.4 is 5.32 Å². The zero-order chi connectivity index (χ0) is 22.6. The van der Waals surface area contributed by atoms with Crippen molar-refractivity contribution in [3.63, 3.8) is 0 Å². The van der Waals surface area contributed by atoms with Crippen molar-refractivity contribution in [2.75, 3.05) is 18.4 Å². The standard InChI is InChI=1S/C21H24N6O3S2/c1-16(31-21-23-24-25-27(21)18-10-4-2-5-11-18)20(28)22-17-9-8-12-19(15-17)32(29,30)26-13-6-3-7-14-26/h2,4-5,8-12,15-16H,3,6-7,13-14H2,1H3,(H,22,28). The number of para-hydroxylation sites is 1. The molecule has 0 bridgehead atoms. The Bertz CT molecular complexity index is 1180. The second-order valence-corrected chi connectivity index (χ2v) is 10.7. The van der Waals surface area contributed by atoms with Crippen molar-refractivity contribution in [2.45, 2.75) is 41.5 Å². The van der Waals surface area contributed by atoms with Crippen molar-refractivity contribution in [1.29, 1.82) is 0 Å². The van der Waals surface area contributed by atoms with E-state index in [1.165, 1.54) is 22.1 Å². The molecule has 1 aromatic heterocycles. The van der Waals surface area contributed by atoms with E-state index in [0.29, 0.717) is 23.9 Å². The van der Waals surface area contributed by atoms with Crippen molar-refractivity contribution in [3.8, 4) is 5.69 Å². The van der Waals surface area contributed by atoms with Crippen LogP contribution in [0.25, 0.3) is 5.69 Å². The summed E-state index contributed by atoms with van der Waals surface area (Å²) in [5, 5.41) is 14.5. The largest absolute Gasteiger partial charge is 0.325 e. The Morgan fingerprint density at radius 2 is 1.81 bits per heavy atom. The van der Waals surface area contributed by atoms with Gasteiger partial charge in [-0.25, -0.2) is 8.42 Å². The number of hydrogen-bond acceptors (Lipinski definition) is 7. The van der Waals surface area contributed by atoms with Crippen LogP contribution in [0.2, 0.25) is 0 Å². The lowest BCUT2D eigenvalue weighted by atomic mass is 10.2. The highest BCUT2D eigenvalue weighted by molar-refractivity contribution is 8.00. The van der Waals surface area contributed by atoms with Crippen LogP contribution in [-0.2, 0) is 14.8 Å². The summed E-state index contributed by atoms with van der Waals surface area (Å²) in [5.74, 6) is -0.273. The third-order valence-electron chi connectivity index (χ3n) is 5.15. The predicted octanol–water partition coefficient (Wildman–Crippen LogP) is 2.96. The van der Waals surface area contributed by atoms with Gasteiger partial charge in [-0.3, -0.25) is 4.79 Å². The molecule has 0 radical (unpaired) electrons. The van der Waals surface area contributed by atoms with Gasteiger partial charge in [0.2, 0.25) is 21.1 Å². The first kappa shape index (κ1) is 22.4. The third-order valence-corrected chi connectivity index (χ3v) is 8.08. The zero-order valence-corrected chi connectivity index (χ0v) is 19.2. The minimum absolute atomic E-state index is 0.186. The lowest BCUT2D eigenvalue weighted by Gasteiger charge is -2.26. The second-order valence-electron chi connectivity index (χ2n) is 7.45. The highest BCUT2D eigenvalue weighted by Gasteiger charge is 2.26. The molecule has 1 unspecified atom stereocenters. The first-order valence-corrected chi connectivity index (χ1v) is 12.7. The summed E-state index contributed by atoms with van der Waals surface area (Å²) < 4.78 is 28.9. The summed E-state index contributed by atoms with van der Waals surface area (Å²) in [6, 6.07) is 15.8. The number of aromatic nitrogens is 4. The Balaban J connectivity index is 1.45. The predicted molar refractivity (Wildman–Crippen MR) is 122 cm³/mol. The van der Waals surface area contributed by atoms with Gasteiger partial charge in [0.1, 0.15) is 0 Å². The Kier molecular flexibility index (Phi) is 6.87. The molecule has 1 amide bonds. The fraction of sp³-hybridized carbons (Fsp3) is 0.333. The molecule has 168 valence electrons. The highest BCUT2D eigenvalue weighted by Crippen LogP contribution is 2.26. The summed E-state index contributed by atoms with van der Waals surface area (Å²) >= 11 is 1.22. The molecule has 32 heavy (non-hydrogen) atoms. The number of rotatable bonds is 7. The smallest absolute Gasteiger partial charge is 0.243 e. The average Bonchev–Trinajstić information content (AvgIpc) is 3.28. The molecule has 2 aromatic carbocycles. The van der Waals surface area contributed by atoms with Crippen molar-refractivity contribution >= 4 is 33.4 Å². The molecule has 3 aromatic rings. The number of sulfonamides is 1. The lowest BCUT2D eigenvalue weighted by Crippen LogP contribution is -2.35. The van der Waals surface area contributed by atoms with Gasteiger partial charge in [-0.05, 0) is 60.5 Å². The number of thioether (sulfide) groups is 1. The van der Waals surface area contributed by atoms with Gasteiger partial charge >= 0.3 is 0 Å². The lowest BCUT2D eigenvalue weighted by molar-refractivity contribution is -0.115. The van der Waals surface area contributed by atoms with Crippen LogP contribution in [-0.4, -0.2) is 57.2 Å². The zero-order valence-electron chi connectivity index (χ0n) is 17.6. The van der Waals surface area contributed by atoms with Gasteiger partial charge in [0.05, 0.1) is 15.8 Å². The van der Waals surface area contributed by atoms with Gasteiger partial charge in [-0.15, -0.1) is 5.10 Å². The fourth-order valence-corrected chi connectivity index (χ4v) is 5.80. The first-order valence-electron chi connectivity index (χ1n) is 10.4. The van der Waals surface area contributed by atoms with Crippen molar-refractivity contribution in [1.82, 2.24) is 24.5 Å². The van der Waals surface area contributed by atoms with Gasteiger partial charge in [0.15, 0.2) is 0 Å². The summed E-state index contributed by atoms with van der Waals surface area (Å²) in [5.41, 5.74) is 1.23. The molecule has 1 fully saturated rings. The van der Waals surface area contributed by atoms with Gasteiger partial charge in [0.25, 0.3) is 0 Å². The number of piperidine rings is 1. The molecular formula is C21H24N6O3S2. The maximum absolute atomic E-state index is 12.9. The molecule has 0 saturated carbocycles. The van der Waals surface area contributed by atoms with Crippen LogP contribution in [0.4, 0.5) is 5.69 Å². The topological polar surface area (TPSA) is 110 Å². The maximum atomic E-state index is 12.9. The number of nitrogens with one attached hydrogen (secondary N) is 1. The normalized spacial score (nSPS) is 15.9. The maximum Gasteiger partial charge on any atom is 0.243 e. The monoisotopic (exact) mass is 472 g/mol. The number of carbonyl (C=O) groups is 1. The minimum atomic E-state index is -3.57. The molecule has 4 rings (SSSR count). The minimum Gasteiger partial charge on any atom is -0.325 e. The van der Waals surface area contributed by atoms with Crippen LogP contribution in [0, 0.1) is 0 Å². The Labute approximate surface area is 191 Å². The summed E-state index contributed by atoms with van der Waals surface area (Å²) in [7, 11) is -3.57. The molecule has 0 aliphatic carbocycles. The number of nitrogens with zero attached hydrogens (tertiary/aromatic N) is 5. The first-order chi connectivity index (χ1) is 15.4. The van der Waals surface area contributed by atoms with Gasteiger partial charge in [-0.2, -0.15) is 8.99 Å². The van der Waals surface area contributed by atoms with Gasteiger partial charge in [-0.1, -0.05) is 42.4 Å². The molecule has 1 atom stereocenters. The molecular weight excluding hydrogens is 448 g/mol. The highest BCUT2D eigenvalue weighted by atomic mass is 32.2. The third kappa shape index (κ3) is 5.00. The number of anilines is 1. The molecule has 1 aliphatic rings. The van der Waals surface area contributed by atoms with Crippen molar-refractivity contribution < 1.29 is 13.2 Å². The number of carbonyl (C=O) groups excluding carboxylic acids is 1. The van der Waals surface area contributed by atoms with Crippen molar-refractivity contribution in [2.24, 2.45) is 0 Å². The molecule has 1 N–H and O–H groups in total. The van der Waals surface area contributed by atoms with E-state index in [9.17, 15) is 13.2 Å². The Morgan fingerprint density at radius 3 is 2.56 bits per heavy atom. The summed E-state index contributed by atoms with van der Waals surface area (Å²) in [6.45, 7) is 2.81. The number of benzene rings is 2. The quantitative estimate of drug-likeness (QED) is 0.526. The number of tetrazole rings is 1. The van der Waals surface area contributed by atoms with Crippen LogP contribution in [0.3, 0.4) is 0 Å². The molecule has 2 heterocycles. The van der Waals surface area contributed by atoms with E-state index in [2.05, 4.69) is 20.8 Å². The van der Waals surface area contributed by atoms with Crippen LogP contribution >= 0.6 is 11.8 Å². The Morgan fingerprint density at radius 1 is 1.06 bits per heavy atom. The van der Waals surface area contributed by atoms with E-state index < -0.39 is 15.3 Å². The van der Waals surface area contributed by atoms with Gasteiger partial charge in [0, 0.05) is 18.8 Å². The van der Waals surface area contributed by atoms with Crippen LogP contribution in [0.5, 0.6) is 0 Å². The van der Waals surface area contributed by atoms with E-state index >= 15 is 0 Å². The van der Waals surface area contributed by atoms with Gasteiger partial charge < -0.3 is 5.32 Å². The molecule has 1 saturated heterocycles. The van der Waals surface area contributed by atoms with Crippen LogP contribution in [0.15, 0.2) is 64.6 Å².